The maximum absolute atomic E-state index is 10.4. The first-order valence-corrected chi connectivity index (χ1v) is 6.59. The minimum absolute atomic E-state index is 0.0722. The lowest BCUT2D eigenvalue weighted by atomic mass is 10.1. The molecule has 2 N–H and O–H groups in total. The van der Waals surface area contributed by atoms with Crippen LogP contribution in [0.2, 0.25) is 5.02 Å². The number of aliphatic carboxylic acids is 1. The fourth-order valence-electron chi connectivity index (χ4n) is 1.81. The summed E-state index contributed by atoms with van der Waals surface area (Å²) in [6.07, 6.45) is 3.50. The van der Waals surface area contributed by atoms with Crippen molar-refractivity contribution in [2.24, 2.45) is 0 Å². The van der Waals surface area contributed by atoms with Crippen LogP contribution in [0.5, 0.6) is 5.75 Å². The number of halogens is 1. The zero-order chi connectivity index (χ0) is 14.5. The van der Waals surface area contributed by atoms with Crippen molar-refractivity contribution in [1.29, 1.82) is 0 Å². The van der Waals surface area contributed by atoms with Crippen molar-refractivity contribution < 1.29 is 19.4 Å². The van der Waals surface area contributed by atoms with Gasteiger partial charge in [0.05, 0.1) is 11.8 Å². The number of unbranched alkanes of at least 4 members (excludes halogenated alkanes) is 1. The van der Waals surface area contributed by atoms with E-state index in [-0.39, 0.29) is 12.2 Å². The number of hydrogen-bond acceptors (Lipinski definition) is 4. The van der Waals surface area contributed by atoms with Gasteiger partial charge in [-0.1, -0.05) is 11.6 Å². The molecule has 0 bridgehead atoms. The normalized spacial score (nSPS) is 10.7. The lowest BCUT2D eigenvalue weighted by Gasteiger charge is -2.01. The van der Waals surface area contributed by atoms with Crippen molar-refractivity contribution in [3.05, 3.63) is 35.3 Å². The highest BCUT2D eigenvalue weighted by Gasteiger charge is 2.11. The second-order valence-electron chi connectivity index (χ2n) is 4.38. The Morgan fingerprint density at radius 2 is 2.15 bits per heavy atom. The Morgan fingerprint density at radius 1 is 1.35 bits per heavy atom. The number of nitrogens with zero attached hydrogens (tertiary/aromatic N) is 1. The van der Waals surface area contributed by atoms with Gasteiger partial charge in [0.25, 0.3) is 0 Å². The molecular formula is C14H14ClNO4. The molecule has 0 aliphatic heterocycles. The maximum atomic E-state index is 10.4. The smallest absolute Gasteiger partial charge is 0.303 e. The Kier molecular flexibility index (Phi) is 4.63. The highest BCUT2D eigenvalue weighted by atomic mass is 35.5. The van der Waals surface area contributed by atoms with Gasteiger partial charge in [-0.3, -0.25) is 4.79 Å². The third-order valence-electron chi connectivity index (χ3n) is 2.81. The summed E-state index contributed by atoms with van der Waals surface area (Å²) in [5.41, 5.74) is 0.488. The van der Waals surface area contributed by atoms with Crippen molar-refractivity contribution in [3.63, 3.8) is 0 Å². The summed E-state index contributed by atoms with van der Waals surface area (Å²) in [6.45, 7) is 0. The Morgan fingerprint density at radius 3 is 2.90 bits per heavy atom. The number of hydrogen-bond donors (Lipinski definition) is 2. The number of oxazole rings is 1. The minimum atomic E-state index is -0.804. The van der Waals surface area contributed by atoms with E-state index in [1.54, 1.807) is 12.1 Å². The Bertz CT molecular complexity index is 609. The van der Waals surface area contributed by atoms with Gasteiger partial charge in [-0.25, -0.2) is 4.98 Å². The predicted molar refractivity (Wildman–Crippen MR) is 73.8 cm³/mol. The summed E-state index contributed by atoms with van der Waals surface area (Å²) in [5.74, 6) is 0.230. The molecule has 0 aliphatic carbocycles. The molecule has 0 atom stereocenters. The van der Waals surface area contributed by atoms with Gasteiger partial charge in [0, 0.05) is 17.9 Å². The lowest BCUT2D eigenvalue weighted by molar-refractivity contribution is -0.137. The summed E-state index contributed by atoms with van der Waals surface area (Å²) in [5, 5.41) is 18.8. The second-order valence-corrected chi connectivity index (χ2v) is 4.82. The number of carboxylic acid groups (broad SMARTS) is 1. The Labute approximate surface area is 120 Å². The molecule has 106 valence electrons. The highest BCUT2D eigenvalue weighted by Crippen LogP contribution is 2.32. The molecule has 0 radical (unpaired) electrons. The lowest BCUT2D eigenvalue weighted by Crippen LogP contribution is -1.94. The molecule has 2 rings (SSSR count). The van der Waals surface area contributed by atoms with Gasteiger partial charge in [-0.15, -0.1) is 0 Å². The average Bonchev–Trinajstić information content (AvgIpc) is 2.86. The highest BCUT2D eigenvalue weighted by molar-refractivity contribution is 6.30. The van der Waals surface area contributed by atoms with E-state index < -0.39 is 5.97 Å². The average molecular weight is 296 g/mol. The van der Waals surface area contributed by atoms with Crippen LogP contribution in [-0.2, 0) is 11.2 Å². The fraction of sp³-hybridized carbons (Fsp3) is 0.286. The third kappa shape index (κ3) is 3.74. The van der Waals surface area contributed by atoms with E-state index in [1.165, 1.54) is 12.3 Å². The van der Waals surface area contributed by atoms with Gasteiger partial charge in [0.15, 0.2) is 11.7 Å². The van der Waals surface area contributed by atoms with Crippen LogP contribution in [0.4, 0.5) is 0 Å². The van der Waals surface area contributed by atoms with E-state index in [2.05, 4.69) is 4.98 Å². The first-order chi connectivity index (χ1) is 9.56. The minimum Gasteiger partial charge on any atom is -0.507 e. The van der Waals surface area contributed by atoms with Crippen LogP contribution in [0.3, 0.4) is 0 Å². The molecule has 1 aromatic heterocycles. The molecule has 0 amide bonds. The zero-order valence-corrected chi connectivity index (χ0v) is 11.4. The van der Waals surface area contributed by atoms with Crippen LogP contribution in [-0.4, -0.2) is 21.2 Å². The SMILES string of the molecule is O=C(O)CCCCc1ncc(-c2cc(Cl)ccc2O)o1. The number of aromatic nitrogens is 1. The van der Waals surface area contributed by atoms with E-state index in [9.17, 15) is 9.90 Å². The van der Waals surface area contributed by atoms with E-state index in [0.717, 1.165) is 0 Å². The molecule has 1 aromatic carbocycles. The first kappa shape index (κ1) is 14.4. The maximum Gasteiger partial charge on any atom is 0.303 e. The molecule has 20 heavy (non-hydrogen) atoms. The monoisotopic (exact) mass is 295 g/mol. The molecule has 0 saturated heterocycles. The molecule has 2 aromatic rings. The first-order valence-electron chi connectivity index (χ1n) is 6.21. The Hall–Kier alpha value is -2.01. The largest absolute Gasteiger partial charge is 0.507 e. The van der Waals surface area contributed by atoms with E-state index in [4.69, 9.17) is 21.1 Å². The van der Waals surface area contributed by atoms with E-state index in [1.807, 2.05) is 0 Å². The van der Waals surface area contributed by atoms with Crippen LogP contribution in [0, 0.1) is 0 Å². The van der Waals surface area contributed by atoms with Crippen molar-refractivity contribution in [2.45, 2.75) is 25.7 Å². The molecular weight excluding hydrogens is 282 g/mol. The number of aromatic hydroxyl groups is 1. The zero-order valence-electron chi connectivity index (χ0n) is 10.7. The quantitative estimate of drug-likeness (QED) is 0.797. The van der Waals surface area contributed by atoms with Crippen LogP contribution in [0.25, 0.3) is 11.3 Å². The number of carboxylic acids is 1. The van der Waals surface area contributed by atoms with Gasteiger partial charge in [0.2, 0.25) is 0 Å². The predicted octanol–water partition coefficient (Wildman–Crippen LogP) is 3.50. The summed E-state index contributed by atoms with van der Waals surface area (Å²) >= 11 is 5.88. The molecule has 0 spiro atoms. The molecule has 1 heterocycles. The van der Waals surface area contributed by atoms with Gasteiger partial charge in [-0.05, 0) is 31.0 Å². The van der Waals surface area contributed by atoms with Crippen molar-refractivity contribution >= 4 is 17.6 Å². The summed E-state index contributed by atoms with van der Waals surface area (Å²) in [4.78, 5) is 14.5. The number of rotatable bonds is 6. The summed E-state index contributed by atoms with van der Waals surface area (Å²) < 4.78 is 5.54. The molecule has 6 heteroatoms. The van der Waals surface area contributed by atoms with E-state index >= 15 is 0 Å². The summed E-state index contributed by atoms with van der Waals surface area (Å²) in [7, 11) is 0. The van der Waals surface area contributed by atoms with Crippen molar-refractivity contribution in [2.75, 3.05) is 0 Å². The number of phenolic OH excluding ortho intramolecular Hbond substituents is 1. The molecule has 0 aliphatic rings. The molecule has 5 nitrogen and oxygen atoms in total. The second kappa shape index (κ2) is 6.43. The number of benzene rings is 1. The Balaban J connectivity index is 2.01. The van der Waals surface area contributed by atoms with Gasteiger partial charge < -0.3 is 14.6 Å². The van der Waals surface area contributed by atoms with Gasteiger partial charge in [0.1, 0.15) is 5.75 Å². The number of aryl methyl sites for hydroxylation is 1. The number of carbonyl (C=O) groups is 1. The van der Waals surface area contributed by atoms with E-state index in [0.29, 0.717) is 41.5 Å². The third-order valence-corrected chi connectivity index (χ3v) is 3.04. The van der Waals surface area contributed by atoms with Crippen LogP contribution in [0.1, 0.15) is 25.2 Å². The standard InChI is InChI=1S/C14H14ClNO4/c15-9-5-6-11(17)10(7-9)12-8-16-13(20-12)3-1-2-4-14(18)19/h5-8,17H,1-4H2,(H,18,19). The van der Waals surface area contributed by atoms with Gasteiger partial charge in [-0.2, -0.15) is 0 Å². The van der Waals surface area contributed by atoms with Crippen LogP contribution < -0.4 is 0 Å². The van der Waals surface area contributed by atoms with Gasteiger partial charge >= 0.3 is 5.97 Å². The van der Waals surface area contributed by atoms with Crippen LogP contribution >= 0.6 is 11.6 Å². The topological polar surface area (TPSA) is 83.6 Å². The molecule has 0 saturated carbocycles. The molecule has 0 unspecified atom stereocenters. The van der Waals surface area contributed by atoms with Crippen molar-refractivity contribution in [1.82, 2.24) is 4.98 Å². The van der Waals surface area contributed by atoms with Crippen LogP contribution in [0.15, 0.2) is 28.8 Å². The van der Waals surface area contributed by atoms with Crippen molar-refractivity contribution in [3.8, 4) is 17.1 Å². The molecule has 0 fully saturated rings. The fourth-order valence-corrected chi connectivity index (χ4v) is 1.98. The summed E-state index contributed by atoms with van der Waals surface area (Å²) in [6, 6.07) is 4.68. The number of phenols is 1.